The third-order valence-electron chi connectivity index (χ3n) is 2.28. The molecule has 0 amide bonds. The van der Waals surface area contributed by atoms with Gasteiger partial charge in [0.15, 0.2) is 0 Å². The molecular weight excluding hydrogens is 304 g/mol. The van der Waals surface area contributed by atoms with E-state index in [4.69, 9.17) is 10.5 Å². The van der Waals surface area contributed by atoms with Crippen LogP contribution in [-0.4, -0.2) is 38.3 Å². The lowest BCUT2D eigenvalue weighted by molar-refractivity contribution is 0.115. The van der Waals surface area contributed by atoms with E-state index in [2.05, 4.69) is 46.1 Å². The molecule has 0 aromatic heterocycles. The first-order valence-electron chi connectivity index (χ1n) is 5.44. The van der Waals surface area contributed by atoms with Crippen LogP contribution in [-0.2, 0) is 11.3 Å². The zero-order valence-electron chi connectivity index (χ0n) is 10.1. The van der Waals surface area contributed by atoms with Gasteiger partial charge in [-0.05, 0) is 18.7 Å². The lowest BCUT2D eigenvalue weighted by atomic mass is 10.2. The van der Waals surface area contributed by atoms with Gasteiger partial charge < -0.3 is 10.5 Å². The molecule has 0 saturated carbocycles. The van der Waals surface area contributed by atoms with Gasteiger partial charge in [-0.2, -0.15) is 0 Å². The first-order chi connectivity index (χ1) is 7.74. The SMILES string of the molecule is CN(CCOCCN)Cc1ccccc1Br.Cl. The number of ether oxygens (including phenoxy) is 1. The molecule has 0 spiro atoms. The molecule has 0 unspecified atom stereocenters. The van der Waals surface area contributed by atoms with Gasteiger partial charge in [0.1, 0.15) is 0 Å². The van der Waals surface area contributed by atoms with E-state index in [1.165, 1.54) is 5.56 Å². The molecule has 3 nitrogen and oxygen atoms in total. The van der Waals surface area contributed by atoms with Crippen LogP contribution < -0.4 is 5.73 Å². The molecule has 1 aromatic carbocycles. The standard InChI is InChI=1S/C12H19BrN2O.ClH/c1-15(7-9-16-8-6-14)10-11-4-2-3-5-12(11)13;/h2-5H,6-10,14H2,1H3;1H. The van der Waals surface area contributed by atoms with Gasteiger partial charge in [-0.3, -0.25) is 4.90 Å². The van der Waals surface area contributed by atoms with Crippen molar-refractivity contribution in [2.45, 2.75) is 6.54 Å². The van der Waals surface area contributed by atoms with Gasteiger partial charge in [-0.15, -0.1) is 12.4 Å². The highest BCUT2D eigenvalue weighted by atomic mass is 79.9. The number of hydrogen-bond donors (Lipinski definition) is 1. The van der Waals surface area contributed by atoms with Gasteiger partial charge in [0, 0.05) is 24.1 Å². The Balaban J connectivity index is 0.00000256. The lowest BCUT2D eigenvalue weighted by Gasteiger charge is -2.17. The van der Waals surface area contributed by atoms with Crippen LogP contribution in [0.5, 0.6) is 0 Å². The summed E-state index contributed by atoms with van der Waals surface area (Å²) in [5.74, 6) is 0. The maximum absolute atomic E-state index is 5.34. The average Bonchev–Trinajstić information content (AvgIpc) is 2.28. The topological polar surface area (TPSA) is 38.5 Å². The van der Waals surface area contributed by atoms with Crippen molar-refractivity contribution in [2.24, 2.45) is 5.73 Å². The maximum atomic E-state index is 5.34. The van der Waals surface area contributed by atoms with Gasteiger partial charge in [-0.25, -0.2) is 0 Å². The highest BCUT2D eigenvalue weighted by Crippen LogP contribution is 2.16. The van der Waals surface area contributed by atoms with E-state index in [1.807, 2.05) is 6.07 Å². The summed E-state index contributed by atoms with van der Waals surface area (Å²) in [5, 5.41) is 0. The Morgan fingerprint density at radius 3 is 2.65 bits per heavy atom. The summed E-state index contributed by atoms with van der Waals surface area (Å²) in [6.07, 6.45) is 0. The summed E-state index contributed by atoms with van der Waals surface area (Å²) in [5.41, 5.74) is 6.64. The Labute approximate surface area is 118 Å². The Bertz CT molecular complexity index is 312. The van der Waals surface area contributed by atoms with Crippen LogP contribution in [0, 0.1) is 0 Å². The van der Waals surface area contributed by atoms with Crippen molar-refractivity contribution < 1.29 is 4.74 Å². The summed E-state index contributed by atoms with van der Waals surface area (Å²) in [7, 11) is 2.09. The Hall–Kier alpha value is -0.130. The molecule has 0 bridgehead atoms. The third kappa shape index (κ3) is 7.01. The zero-order chi connectivity index (χ0) is 11.8. The second-order valence-corrected chi connectivity index (χ2v) is 4.58. The number of benzene rings is 1. The number of rotatable bonds is 7. The minimum Gasteiger partial charge on any atom is -0.379 e. The summed E-state index contributed by atoms with van der Waals surface area (Å²) < 4.78 is 6.50. The second kappa shape index (κ2) is 9.85. The highest BCUT2D eigenvalue weighted by molar-refractivity contribution is 9.10. The molecule has 2 N–H and O–H groups in total. The van der Waals surface area contributed by atoms with Crippen LogP contribution >= 0.6 is 28.3 Å². The third-order valence-corrected chi connectivity index (χ3v) is 3.05. The monoisotopic (exact) mass is 322 g/mol. The molecule has 0 saturated heterocycles. The van der Waals surface area contributed by atoms with Gasteiger partial charge in [0.25, 0.3) is 0 Å². The highest BCUT2D eigenvalue weighted by Gasteiger charge is 2.02. The number of hydrogen-bond acceptors (Lipinski definition) is 3. The quantitative estimate of drug-likeness (QED) is 0.782. The van der Waals surface area contributed by atoms with E-state index in [0.717, 1.165) is 24.2 Å². The first kappa shape index (κ1) is 16.9. The Morgan fingerprint density at radius 2 is 2.00 bits per heavy atom. The van der Waals surface area contributed by atoms with Gasteiger partial charge in [-0.1, -0.05) is 34.1 Å². The Kier molecular flexibility index (Phi) is 9.78. The first-order valence-corrected chi connectivity index (χ1v) is 6.23. The van der Waals surface area contributed by atoms with E-state index in [-0.39, 0.29) is 12.4 Å². The van der Waals surface area contributed by atoms with Gasteiger partial charge >= 0.3 is 0 Å². The minimum atomic E-state index is 0. The van der Waals surface area contributed by atoms with Gasteiger partial charge in [0.05, 0.1) is 13.2 Å². The minimum absolute atomic E-state index is 0. The molecule has 0 heterocycles. The van der Waals surface area contributed by atoms with Crippen LogP contribution in [0.3, 0.4) is 0 Å². The lowest BCUT2D eigenvalue weighted by Crippen LogP contribution is -2.24. The molecule has 17 heavy (non-hydrogen) atoms. The number of halogens is 2. The van der Waals surface area contributed by atoms with Crippen molar-refractivity contribution in [3.8, 4) is 0 Å². The molecule has 0 atom stereocenters. The van der Waals surface area contributed by atoms with Crippen molar-refractivity contribution in [1.82, 2.24) is 4.90 Å². The van der Waals surface area contributed by atoms with Crippen LogP contribution in [0.25, 0.3) is 0 Å². The predicted molar refractivity (Wildman–Crippen MR) is 77.6 cm³/mol. The van der Waals surface area contributed by atoms with Crippen molar-refractivity contribution >= 4 is 28.3 Å². The van der Waals surface area contributed by atoms with E-state index in [9.17, 15) is 0 Å². The van der Waals surface area contributed by atoms with Crippen molar-refractivity contribution in [2.75, 3.05) is 33.4 Å². The van der Waals surface area contributed by atoms with E-state index in [0.29, 0.717) is 13.2 Å². The van der Waals surface area contributed by atoms with Crippen LogP contribution in [0.15, 0.2) is 28.7 Å². The fraction of sp³-hybridized carbons (Fsp3) is 0.500. The maximum Gasteiger partial charge on any atom is 0.0594 e. The summed E-state index contributed by atoms with van der Waals surface area (Å²) in [6.45, 7) is 3.81. The molecular formula is C12H20BrClN2O. The summed E-state index contributed by atoms with van der Waals surface area (Å²) in [4.78, 5) is 2.23. The molecule has 0 aliphatic rings. The van der Waals surface area contributed by atoms with Crippen LogP contribution in [0.2, 0.25) is 0 Å². The van der Waals surface area contributed by atoms with Gasteiger partial charge in [0.2, 0.25) is 0 Å². The number of nitrogens with zero attached hydrogens (tertiary/aromatic N) is 1. The van der Waals surface area contributed by atoms with Crippen molar-refractivity contribution in [1.29, 1.82) is 0 Å². The van der Waals surface area contributed by atoms with Crippen LogP contribution in [0.4, 0.5) is 0 Å². The molecule has 1 aromatic rings. The van der Waals surface area contributed by atoms with Crippen molar-refractivity contribution in [3.63, 3.8) is 0 Å². The predicted octanol–water partition coefficient (Wildman–Crippen LogP) is 2.28. The Morgan fingerprint density at radius 1 is 1.29 bits per heavy atom. The van der Waals surface area contributed by atoms with Crippen LogP contribution in [0.1, 0.15) is 5.56 Å². The molecule has 1 rings (SSSR count). The molecule has 0 radical (unpaired) electrons. The number of likely N-dealkylation sites (N-methyl/N-ethyl adjacent to an activating group) is 1. The molecule has 98 valence electrons. The summed E-state index contributed by atoms with van der Waals surface area (Å²) >= 11 is 3.54. The second-order valence-electron chi connectivity index (χ2n) is 3.73. The number of nitrogens with two attached hydrogens (primary N) is 1. The normalized spacial score (nSPS) is 10.4. The molecule has 5 heteroatoms. The summed E-state index contributed by atoms with van der Waals surface area (Å²) in [6, 6.07) is 8.27. The average molecular weight is 324 g/mol. The largest absolute Gasteiger partial charge is 0.379 e. The smallest absolute Gasteiger partial charge is 0.0594 e. The van der Waals surface area contributed by atoms with E-state index >= 15 is 0 Å². The molecule has 0 aliphatic heterocycles. The van der Waals surface area contributed by atoms with E-state index in [1.54, 1.807) is 0 Å². The molecule has 0 fully saturated rings. The fourth-order valence-corrected chi connectivity index (χ4v) is 1.81. The van der Waals surface area contributed by atoms with Crippen molar-refractivity contribution in [3.05, 3.63) is 34.3 Å². The fourth-order valence-electron chi connectivity index (χ4n) is 1.40. The van der Waals surface area contributed by atoms with E-state index < -0.39 is 0 Å². The molecule has 0 aliphatic carbocycles. The zero-order valence-corrected chi connectivity index (χ0v) is 12.5.